The number of nitro benzene ring substituents is 1. The first-order valence-electron chi connectivity index (χ1n) is 7.83. The van der Waals surface area contributed by atoms with Crippen LogP contribution in [0.4, 0.5) is 5.69 Å². The Bertz CT molecular complexity index is 754. The highest BCUT2D eigenvalue weighted by Crippen LogP contribution is 2.31. The Morgan fingerprint density at radius 2 is 1.79 bits per heavy atom. The first-order valence-corrected chi connectivity index (χ1v) is 7.83. The van der Waals surface area contributed by atoms with Crippen LogP contribution < -0.4 is 0 Å². The molecule has 0 aliphatic heterocycles. The summed E-state index contributed by atoms with van der Waals surface area (Å²) in [5.74, 6) is -0.944. The second kappa shape index (κ2) is 6.80. The van der Waals surface area contributed by atoms with E-state index in [0.717, 1.165) is 18.4 Å². The van der Waals surface area contributed by atoms with E-state index in [1.807, 2.05) is 6.07 Å². The summed E-state index contributed by atoms with van der Waals surface area (Å²) in [6.45, 7) is 1.17. The van der Waals surface area contributed by atoms with Crippen LogP contribution in [0.1, 0.15) is 34.3 Å². The van der Waals surface area contributed by atoms with Crippen molar-refractivity contribution in [1.29, 1.82) is 0 Å². The van der Waals surface area contributed by atoms with Crippen LogP contribution in [0.3, 0.4) is 0 Å². The van der Waals surface area contributed by atoms with Gasteiger partial charge in [0.25, 0.3) is 5.69 Å². The molecule has 0 unspecified atom stereocenters. The van der Waals surface area contributed by atoms with Gasteiger partial charge in [0.2, 0.25) is 0 Å². The maximum atomic E-state index is 11.2. The molecule has 0 aromatic heterocycles. The molecule has 0 atom stereocenters. The predicted octanol–water partition coefficient (Wildman–Crippen LogP) is 3.46. The third kappa shape index (κ3) is 3.78. The molecule has 0 bridgehead atoms. The Hall–Kier alpha value is -2.73. The minimum absolute atomic E-state index is 0.143. The number of rotatable bonds is 7. The van der Waals surface area contributed by atoms with Gasteiger partial charge < -0.3 is 5.11 Å². The van der Waals surface area contributed by atoms with Crippen molar-refractivity contribution in [2.24, 2.45) is 0 Å². The van der Waals surface area contributed by atoms with E-state index in [2.05, 4.69) is 4.90 Å². The maximum Gasteiger partial charge on any atom is 0.335 e. The lowest BCUT2D eigenvalue weighted by Crippen LogP contribution is -2.25. The van der Waals surface area contributed by atoms with Gasteiger partial charge in [-0.25, -0.2) is 4.79 Å². The second-order valence-electron chi connectivity index (χ2n) is 6.02. The number of hydrogen-bond acceptors (Lipinski definition) is 4. The van der Waals surface area contributed by atoms with Gasteiger partial charge in [-0.15, -0.1) is 0 Å². The summed E-state index contributed by atoms with van der Waals surface area (Å²) in [5, 5.41) is 20.1. The normalized spacial score (nSPS) is 13.9. The van der Waals surface area contributed by atoms with Crippen molar-refractivity contribution in [3.05, 3.63) is 75.3 Å². The molecule has 6 heteroatoms. The van der Waals surface area contributed by atoms with Gasteiger partial charge in [0.1, 0.15) is 0 Å². The van der Waals surface area contributed by atoms with E-state index in [1.165, 1.54) is 6.07 Å². The first-order chi connectivity index (χ1) is 11.5. The Labute approximate surface area is 139 Å². The predicted molar refractivity (Wildman–Crippen MR) is 88.8 cm³/mol. The van der Waals surface area contributed by atoms with Crippen molar-refractivity contribution < 1.29 is 14.8 Å². The fraction of sp³-hybridized carbons (Fsp3) is 0.278. The highest BCUT2D eigenvalue weighted by atomic mass is 16.6. The molecular weight excluding hydrogens is 308 g/mol. The monoisotopic (exact) mass is 326 g/mol. The van der Waals surface area contributed by atoms with Crippen molar-refractivity contribution in [2.75, 3.05) is 0 Å². The molecule has 1 saturated carbocycles. The molecule has 1 fully saturated rings. The number of nitro groups is 1. The number of para-hydroxylation sites is 1. The Morgan fingerprint density at radius 1 is 1.12 bits per heavy atom. The fourth-order valence-corrected chi connectivity index (χ4v) is 2.78. The lowest BCUT2D eigenvalue weighted by Gasteiger charge is -2.22. The largest absolute Gasteiger partial charge is 0.478 e. The Morgan fingerprint density at radius 3 is 2.38 bits per heavy atom. The average Bonchev–Trinajstić information content (AvgIpc) is 3.40. The molecule has 1 aliphatic carbocycles. The molecule has 0 amide bonds. The molecule has 1 N–H and O–H groups in total. The molecular formula is C18H18N2O4. The van der Waals surface area contributed by atoms with Crippen LogP contribution in [-0.4, -0.2) is 26.9 Å². The van der Waals surface area contributed by atoms with Gasteiger partial charge in [-0.3, -0.25) is 15.0 Å². The van der Waals surface area contributed by atoms with Crippen molar-refractivity contribution in [1.82, 2.24) is 4.90 Å². The van der Waals surface area contributed by atoms with E-state index in [0.29, 0.717) is 24.7 Å². The second-order valence-corrected chi connectivity index (χ2v) is 6.02. The van der Waals surface area contributed by atoms with Crippen molar-refractivity contribution >= 4 is 11.7 Å². The van der Waals surface area contributed by atoms with E-state index >= 15 is 0 Å². The standard InChI is InChI=1S/C18H18N2O4/c21-18(22)14-7-5-13(6-8-14)11-19(16-9-10-16)12-15-3-1-2-4-17(15)20(23)24/h1-8,16H,9-12H2,(H,21,22). The zero-order valence-corrected chi connectivity index (χ0v) is 13.1. The smallest absolute Gasteiger partial charge is 0.335 e. The Balaban J connectivity index is 1.76. The van der Waals surface area contributed by atoms with Gasteiger partial charge in [0.05, 0.1) is 10.5 Å². The van der Waals surface area contributed by atoms with Crippen LogP contribution in [0.25, 0.3) is 0 Å². The topological polar surface area (TPSA) is 83.7 Å². The van der Waals surface area contributed by atoms with Crippen LogP contribution in [0.5, 0.6) is 0 Å². The molecule has 0 heterocycles. The minimum Gasteiger partial charge on any atom is -0.478 e. The molecule has 2 aromatic carbocycles. The van der Waals surface area contributed by atoms with Gasteiger partial charge in [-0.1, -0.05) is 30.3 Å². The third-order valence-corrected chi connectivity index (χ3v) is 4.21. The maximum absolute atomic E-state index is 11.2. The molecule has 3 rings (SSSR count). The number of aromatic carboxylic acids is 1. The van der Waals surface area contributed by atoms with Gasteiger partial charge in [-0.2, -0.15) is 0 Å². The zero-order chi connectivity index (χ0) is 17.1. The van der Waals surface area contributed by atoms with Crippen molar-refractivity contribution in [3.8, 4) is 0 Å². The lowest BCUT2D eigenvalue weighted by molar-refractivity contribution is -0.385. The van der Waals surface area contributed by atoms with Crippen molar-refractivity contribution in [3.63, 3.8) is 0 Å². The zero-order valence-electron chi connectivity index (χ0n) is 13.1. The van der Waals surface area contributed by atoms with Gasteiger partial charge in [0, 0.05) is 30.8 Å². The van der Waals surface area contributed by atoms with Gasteiger partial charge in [0.15, 0.2) is 0 Å². The number of carboxylic acid groups (broad SMARTS) is 1. The first kappa shape index (κ1) is 16.1. The van der Waals surface area contributed by atoms with E-state index in [-0.39, 0.29) is 16.2 Å². The number of carboxylic acids is 1. The SMILES string of the molecule is O=C(O)c1ccc(CN(Cc2ccccc2[N+](=O)[O-])C2CC2)cc1. The molecule has 2 aromatic rings. The molecule has 0 radical (unpaired) electrons. The number of benzene rings is 2. The van der Waals surface area contributed by atoms with Crippen molar-refractivity contribution in [2.45, 2.75) is 32.0 Å². The quantitative estimate of drug-likeness (QED) is 0.622. The summed E-state index contributed by atoms with van der Waals surface area (Å²) in [6.07, 6.45) is 2.18. The third-order valence-electron chi connectivity index (χ3n) is 4.21. The van der Waals surface area contributed by atoms with Gasteiger partial charge in [-0.05, 0) is 30.5 Å². The number of hydrogen-bond donors (Lipinski definition) is 1. The highest BCUT2D eigenvalue weighted by molar-refractivity contribution is 5.87. The van der Waals surface area contributed by atoms with Crippen LogP contribution in [0.15, 0.2) is 48.5 Å². The number of carbonyl (C=O) groups is 1. The van der Waals surface area contributed by atoms with Crippen LogP contribution in [0, 0.1) is 10.1 Å². The molecule has 6 nitrogen and oxygen atoms in total. The molecule has 0 saturated heterocycles. The van der Waals surface area contributed by atoms with E-state index < -0.39 is 5.97 Å². The van der Waals surface area contributed by atoms with E-state index in [4.69, 9.17) is 5.11 Å². The summed E-state index contributed by atoms with van der Waals surface area (Å²) in [4.78, 5) is 24.0. The molecule has 0 spiro atoms. The number of nitrogens with zero attached hydrogens (tertiary/aromatic N) is 2. The average molecular weight is 326 g/mol. The summed E-state index contributed by atoms with van der Waals surface area (Å²) < 4.78 is 0. The van der Waals surface area contributed by atoms with E-state index in [9.17, 15) is 14.9 Å². The van der Waals surface area contributed by atoms with Crippen LogP contribution >= 0.6 is 0 Å². The molecule has 124 valence electrons. The summed E-state index contributed by atoms with van der Waals surface area (Å²) in [7, 11) is 0. The van der Waals surface area contributed by atoms with Crippen LogP contribution in [-0.2, 0) is 13.1 Å². The highest BCUT2D eigenvalue weighted by Gasteiger charge is 2.30. The summed E-state index contributed by atoms with van der Waals surface area (Å²) in [6, 6.07) is 14.0. The summed E-state index contributed by atoms with van der Waals surface area (Å²) >= 11 is 0. The molecule has 24 heavy (non-hydrogen) atoms. The van der Waals surface area contributed by atoms with Gasteiger partial charge >= 0.3 is 5.97 Å². The summed E-state index contributed by atoms with van der Waals surface area (Å²) in [5.41, 5.74) is 2.11. The van der Waals surface area contributed by atoms with E-state index in [1.54, 1.807) is 36.4 Å². The van der Waals surface area contributed by atoms with Crippen LogP contribution in [0.2, 0.25) is 0 Å². The Kier molecular flexibility index (Phi) is 4.57. The fourth-order valence-electron chi connectivity index (χ4n) is 2.78. The lowest BCUT2D eigenvalue weighted by atomic mass is 10.1. The molecule has 1 aliphatic rings. The minimum atomic E-state index is -0.944.